The monoisotopic (exact) mass is 301 g/mol. The maximum Gasteiger partial charge on any atom is 0.223 e. The summed E-state index contributed by atoms with van der Waals surface area (Å²) in [7, 11) is 0. The van der Waals surface area contributed by atoms with Gasteiger partial charge in [-0.3, -0.25) is 0 Å². The van der Waals surface area contributed by atoms with Crippen molar-refractivity contribution in [1.29, 1.82) is 0 Å². The van der Waals surface area contributed by atoms with Crippen molar-refractivity contribution in [3.05, 3.63) is 36.4 Å². The van der Waals surface area contributed by atoms with Gasteiger partial charge in [0.05, 0.1) is 0 Å². The van der Waals surface area contributed by atoms with Crippen molar-refractivity contribution < 1.29 is 4.39 Å². The van der Waals surface area contributed by atoms with Gasteiger partial charge in [0.25, 0.3) is 0 Å². The number of nitrogens with zero attached hydrogens (tertiary/aromatic N) is 5. The van der Waals surface area contributed by atoms with Gasteiger partial charge in [-0.1, -0.05) is 0 Å². The zero-order chi connectivity index (χ0) is 14.9. The number of hydrogen-bond donors (Lipinski definition) is 0. The van der Waals surface area contributed by atoms with Crippen LogP contribution >= 0.6 is 0 Å². The van der Waals surface area contributed by atoms with Crippen LogP contribution in [0.1, 0.15) is 12.8 Å². The standard InChI is InChI=1S/C16H20FN5/c17-14-3-5-15(6-4-14)20-7-9-21(10-8-20)16-18-12-19-22(16)11-13-1-2-13/h3-6,12-13H,1-2,7-11H2. The average molecular weight is 301 g/mol. The zero-order valence-corrected chi connectivity index (χ0v) is 12.5. The number of halogens is 1. The second-order valence-corrected chi connectivity index (χ2v) is 6.14. The van der Waals surface area contributed by atoms with Crippen LogP contribution in [0.25, 0.3) is 0 Å². The topological polar surface area (TPSA) is 37.2 Å². The molecule has 0 bridgehead atoms. The first-order valence-corrected chi connectivity index (χ1v) is 7.93. The minimum Gasteiger partial charge on any atom is -0.368 e. The summed E-state index contributed by atoms with van der Waals surface area (Å²) < 4.78 is 15.1. The fourth-order valence-electron chi connectivity index (χ4n) is 2.99. The Morgan fingerprint density at radius 1 is 1.00 bits per heavy atom. The Labute approximate surface area is 129 Å². The Balaban J connectivity index is 1.41. The van der Waals surface area contributed by atoms with Crippen LogP contribution in [0.2, 0.25) is 0 Å². The molecule has 2 heterocycles. The van der Waals surface area contributed by atoms with E-state index in [1.807, 2.05) is 16.8 Å². The van der Waals surface area contributed by atoms with Gasteiger partial charge in [0, 0.05) is 38.4 Å². The Morgan fingerprint density at radius 3 is 2.36 bits per heavy atom. The van der Waals surface area contributed by atoms with E-state index in [0.29, 0.717) is 0 Å². The van der Waals surface area contributed by atoms with Gasteiger partial charge in [0.2, 0.25) is 5.95 Å². The summed E-state index contributed by atoms with van der Waals surface area (Å²) in [6.07, 6.45) is 4.29. The van der Waals surface area contributed by atoms with E-state index in [0.717, 1.165) is 50.3 Å². The normalized spacial score (nSPS) is 18.8. The van der Waals surface area contributed by atoms with Crippen molar-refractivity contribution in [3.63, 3.8) is 0 Å². The summed E-state index contributed by atoms with van der Waals surface area (Å²) in [4.78, 5) is 9.03. The third-order valence-corrected chi connectivity index (χ3v) is 4.48. The predicted octanol–water partition coefficient (Wildman–Crippen LogP) is 2.15. The summed E-state index contributed by atoms with van der Waals surface area (Å²) in [5, 5.41) is 4.37. The molecule has 2 aliphatic rings. The first-order chi connectivity index (χ1) is 10.8. The van der Waals surface area contributed by atoms with Crippen molar-refractivity contribution in [3.8, 4) is 0 Å². The second kappa shape index (κ2) is 5.59. The van der Waals surface area contributed by atoms with E-state index in [1.165, 1.54) is 25.0 Å². The number of rotatable bonds is 4. The molecule has 22 heavy (non-hydrogen) atoms. The molecule has 1 saturated heterocycles. The van der Waals surface area contributed by atoms with Gasteiger partial charge in [0.1, 0.15) is 12.1 Å². The molecule has 0 spiro atoms. The van der Waals surface area contributed by atoms with E-state index >= 15 is 0 Å². The van der Waals surface area contributed by atoms with Crippen LogP contribution in [-0.4, -0.2) is 40.9 Å². The van der Waals surface area contributed by atoms with Gasteiger partial charge in [0.15, 0.2) is 0 Å². The van der Waals surface area contributed by atoms with E-state index in [-0.39, 0.29) is 5.82 Å². The Morgan fingerprint density at radius 2 is 1.68 bits per heavy atom. The molecule has 2 fully saturated rings. The molecule has 1 aromatic heterocycles. The zero-order valence-electron chi connectivity index (χ0n) is 12.5. The lowest BCUT2D eigenvalue weighted by molar-refractivity contribution is 0.540. The first-order valence-electron chi connectivity index (χ1n) is 7.93. The largest absolute Gasteiger partial charge is 0.368 e. The summed E-state index contributed by atoms with van der Waals surface area (Å²) >= 11 is 0. The summed E-state index contributed by atoms with van der Waals surface area (Å²) in [6, 6.07) is 6.74. The fourth-order valence-corrected chi connectivity index (χ4v) is 2.99. The van der Waals surface area contributed by atoms with Crippen LogP contribution in [0.5, 0.6) is 0 Å². The minimum absolute atomic E-state index is 0.185. The molecule has 0 unspecified atom stereocenters. The van der Waals surface area contributed by atoms with Crippen LogP contribution in [-0.2, 0) is 6.54 Å². The maximum absolute atomic E-state index is 13.0. The molecule has 0 amide bonds. The molecular weight excluding hydrogens is 281 g/mol. The van der Waals surface area contributed by atoms with Crippen molar-refractivity contribution in [2.45, 2.75) is 19.4 Å². The highest BCUT2D eigenvalue weighted by atomic mass is 19.1. The summed E-state index contributed by atoms with van der Waals surface area (Å²) in [5.41, 5.74) is 1.08. The van der Waals surface area contributed by atoms with Crippen LogP contribution in [0, 0.1) is 11.7 Å². The Hall–Kier alpha value is -2.11. The summed E-state index contributed by atoms with van der Waals surface area (Å²) in [5.74, 6) is 1.60. The molecule has 0 radical (unpaired) electrons. The van der Waals surface area contributed by atoms with E-state index in [2.05, 4.69) is 19.9 Å². The lowest BCUT2D eigenvalue weighted by Crippen LogP contribution is -2.47. The molecule has 1 aliphatic carbocycles. The smallest absolute Gasteiger partial charge is 0.223 e. The lowest BCUT2D eigenvalue weighted by atomic mass is 10.2. The van der Waals surface area contributed by atoms with E-state index in [4.69, 9.17) is 0 Å². The first kappa shape index (κ1) is 13.5. The number of aromatic nitrogens is 3. The fraction of sp³-hybridized carbons (Fsp3) is 0.500. The molecule has 0 N–H and O–H groups in total. The van der Waals surface area contributed by atoms with Gasteiger partial charge in [-0.15, -0.1) is 0 Å². The van der Waals surface area contributed by atoms with Gasteiger partial charge in [-0.25, -0.2) is 9.07 Å². The molecule has 1 aromatic carbocycles. The highest BCUT2D eigenvalue weighted by Gasteiger charge is 2.26. The van der Waals surface area contributed by atoms with Gasteiger partial charge >= 0.3 is 0 Å². The lowest BCUT2D eigenvalue weighted by Gasteiger charge is -2.36. The summed E-state index contributed by atoms with van der Waals surface area (Å²) in [6.45, 7) is 4.67. The number of anilines is 2. The number of piperazine rings is 1. The SMILES string of the molecule is Fc1ccc(N2CCN(c3ncnn3CC3CC3)CC2)cc1. The molecule has 4 rings (SSSR count). The van der Waals surface area contributed by atoms with Crippen molar-refractivity contribution >= 4 is 11.6 Å². The minimum atomic E-state index is -0.185. The quantitative estimate of drug-likeness (QED) is 0.867. The molecule has 5 nitrogen and oxygen atoms in total. The van der Waals surface area contributed by atoms with Crippen molar-refractivity contribution in [2.24, 2.45) is 5.92 Å². The maximum atomic E-state index is 13.0. The number of hydrogen-bond acceptors (Lipinski definition) is 4. The van der Waals surface area contributed by atoms with Crippen molar-refractivity contribution in [2.75, 3.05) is 36.0 Å². The van der Waals surface area contributed by atoms with E-state index in [1.54, 1.807) is 6.33 Å². The third kappa shape index (κ3) is 2.77. The Kier molecular flexibility index (Phi) is 3.44. The molecule has 2 aromatic rings. The predicted molar refractivity (Wildman–Crippen MR) is 83.6 cm³/mol. The van der Waals surface area contributed by atoms with Crippen LogP contribution in [0.3, 0.4) is 0 Å². The second-order valence-electron chi connectivity index (χ2n) is 6.14. The van der Waals surface area contributed by atoms with Crippen molar-refractivity contribution in [1.82, 2.24) is 14.8 Å². The molecule has 1 saturated carbocycles. The molecule has 1 aliphatic heterocycles. The van der Waals surface area contributed by atoms with Gasteiger partial charge in [-0.2, -0.15) is 10.1 Å². The molecule has 6 heteroatoms. The van der Waals surface area contributed by atoms with Crippen LogP contribution in [0.4, 0.5) is 16.0 Å². The van der Waals surface area contributed by atoms with Gasteiger partial charge < -0.3 is 9.80 Å². The van der Waals surface area contributed by atoms with Gasteiger partial charge in [-0.05, 0) is 43.0 Å². The highest BCUT2D eigenvalue weighted by molar-refractivity contribution is 5.48. The Bertz CT molecular complexity index is 626. The molecular formula is C16H20FN5. The van der Waals surface area contributed by atoms with Crippen LogP contribution < -0.4 is 9.80 Å². The van der Waals surface area contributed by atoms with Crippen LogP contribution in [0.15, 0.2) is 30.6 Å². The van der Waals surface area contributed by atoms with E-state index < -0.39 is 0 Å². The highest BCUT2D eigenvalue weighted by Crippen LogP contribution is 2.31. The number of benzene rings is 1. The molecule has 0 atom stereocenters. The molecule has 116 valence electrons. The average Bonchev–Trinajstić information content (AvgIpc) is 3.24. The third-order valence-electron chi connectivity index (χ3n) is 4.48. The van der Waals surface area contributed by atoms with E-state index in [9.17, 15) is 4.39 Å².